The number of aliphatic hydroxyl groups excluding tert-OH is 1. The van der Waals surface area contributed by atoms with Gasteiger partial charge in [-0.15, -0.1) is 23.2 Å². The summed E-state index contributed by atoms with van der Waals surface area (Å²) in [6.45, 7) is 16.6. The quantitative estimate of drug-likeness (QED) is 0.100. The molecule has 3 aromatic rings. The standard InChI is InChI=1S/C13H17NO.C12H14BrF2NO.C12H14BrNO2.C4H8O2.CH2Cl2.CH4.BHNS/c1-9(2)13-7-6-12(8-10(13)3)14(5)11(4)15;1-8-6-10(16(3)9(2)17)4-5-11(8)12(14,15)7-13;1-8-6-10(14(3)9(2)15)4-5-11(8)12(16)7-13;5-4-2-1-3-6-4;2-1-3;;1-2-3/h6-8H,1H2,2-5H3;4-6H,7H2,1-3H3;4-6H,7H2,1-3H3;4-5H,1-3H2;1H2;1H4;3H. The van der Waals surface area contributed by atoms with E-state index in [1.54, 1.807) is 63.0 Å². The van der Waals surface area contributed by atoms with E-state index < -0.39 is 17.5 Å². The van der Waals surface area contributed by atoms with Crippen LogP contribution in [0.4, 0.5) is 25.8 Å². The molecule has 61 heavy (non-hydrogen) atoms. The normalized spacial score (nSPS) is 12.1. The molecule has 1 heterocycles. The SMILES string of the molecule is C.C=C(C)c1ccc(N(C)C(C)=O)cc1C.CC(=O)N(C)c1ccc(C(=O)CBr)c(C)c1.CC(=O)N(C)c1ccc(C(F)(F)CBr)c(C)c1.ClCCl.OC1CCCO1.[B]=NS. The average Bonchev–Trinajstić information content (AvgIpc) is 3.68. The summed E-state index contributed by atoms with van der Waals surface area (Å²) in [6, 6.07) is 15.8. The number of Topliss-reactive ketones (excluding diaryl/α,β-unsaturated/α-hetero) is 1. The fourth-order valence-electron chi connectivity index (χ4n) is 5.02. The molecular formula is C43H60BBr2Cl2F2N4O6S. The maximum atomic E-state index is 13.5. The minimum absolute atomic E-state index is 0. The van der Waals surface area contributed by atoms with E-state index in [1.807, 2.05) is 45.0 Å². The van der Waals surface area contributed by atoms with Crippen LogP contribution in [0, 0.1) is 20.8 Å². The monoisotopic (exact) mass is 1040 g/mol. The predicted molar refractivity (Wildman–Crippen MR) is 263 cm³/mol. The molecule has 18 heteroatoms. The molecule has 1 N–H and O–H groups in total. The predicted octanol–water partition coefficient (Wildman–Crippen LogP) is 11.4. The number of aryl methyl sites for hydroxylation is 3. The van der Waals surface area contributed by atoms with Crippen molar-refractivity contribution in [3.63, 3.8) is 0 Å². The Morgan fingerprint density at radius 2 is 1.20 bits per heavy atom. The first-order valence-electron chi connectivity index (χ1n) is 18.1. The van der Waals surface area contributed by atoms with Gasteiger partial charge in [-0.3, -0.25) is 19.2 Å². The number of allylic oxidation sites excluding steroid dienone is 1. The Kier molecular flexibility index (Phi) is 33.4. The van der Waals surface area contributed by atoms with Gasteiger partial charge in [0.05, 0.1) is 16.0 Å². The molecule has 1 aliphatic rings. The number of hydrogen-bond donors (Lipinski definition) is 2. The van der Waals surface area contributed by atoms with Crippen LogP contribution >= 0.6 is 67.9 Å². The molecule has 3 amide bonds. The van der Waals surface area contributed by atoms with Crippen molar-refractivity contribution in [1.29, 1.82) is 0 Å². The van der Waals surface area contributed by atoms with Gasteiger partial charge in [0.2, 0.25) is 17.7 Å². The third kappa shape index (κ3) is 23.3. The number of alkyl halides is 6. The van der Waals surface area contributed by atoms with E-state index in [9.17, 15) is 28.0 Å². The number of ketones is 1. The van der Waals surface area contributed by atoms with Gasteiger partial charge in [-0.25, -0.2) is 8.78 Å². The summed E-state index contributed by atoms with van der Waals surface area (Å²) in [5, 5.41) is 8.60. The summed E-state index contributed by atoms with van der Waals surface area (Å²) in [5.74, 6) is -2.97. The second-order valence-corrected chi connectivity index (χ2v) is 15.3. The van der Waals surface area contributed by atoms with Crippen LogP contribution in [0.5, 0.6) is 0 Å². The first-order chi connectivity index (χ1) is 27.9. The van der Waals surface area contributed by atoms with Gasteiger partial charge in [0, 0.05) is 83.1 Å². The molecule has 3 aromatic carbocycles. The second kappa shape index (κ2) is 32.7. The van der Waals surface area contributed by atoms with Crippen molar-refractivity contribution in [3.05, 3.63) is 94.6 Å². The Morgan fingerprint density at radius 3 is 1.44 bits per heavy atom. The Hall–Kier alpha value is -2.99. The van der Waals surface area contributed by atoms with Crippen LogP contribution in [0.2, 0.25) is 0 Å². The van der Waals surface area contributed by atoms with Gasteiger partial charge in [-0.1, -0.05) is 63.6 Å². The van der Waals surface area contributed by atoms with E-state index in [0.717, 1.165) is 53.1 Å². The first-order valence-corrected chi connectivity index (χ1v) is 21.8. The minimum atomic E-state index is -2.89. The zero-order valence-electron chi connectivity index (χ0n) is 35.8. The van der Waals surface area contributed by atoms with Gasteiger partial charge < -0.3 is 24.5 Å². The zero-order chi connectivity index (χ0) is 46.9. The number of carbonyl (C=O) groups is 4. The summed E-state index contributed by atoms with van der Waals surface area (Å²) in [4.78, 5) is 49.7. The number of amides is 3. The summed E-state index contributed by atoms with van der Waals surface area (Å²) in [7, 11) is 9.43. The molecule has 1 unspecified atom stereocenters. The Balaban J connectivity index is -0.000000723. The van der Waals surface area contributed by atoms with Gasteiger partial charge in [-0.05, 0) is 98.8 Å². The number of thiol groups is 1. The van der Waals surface area contributed by atoms with Crippen molar-refractivity contribution in [1.82, 2.24) is 0 Å². The summed E-state index contributed by atoms with van der Waals surface area (Å²) < 4.78 is 34.4. The van der Waals surface area contributed by atoms with Crippen LogP contribution in [0.1, 0.15) is 86.1 Å². The summed E-state index contributed by atoms with van der Waals surface area (Å²) in [5.41, 5.74) is 7.71. The third-order valence-electron chi connectivity index (χ3n) is 8.56. The number of carbonyl (C=O) groups excluding carboxylic acids is 4. The maximum absolute atomic E-state index is 13.5. The van der Waals surface area contributed by atoms with Crippen LogP contribution in [0.25, 0.3) is 5.57 Å². The van der Waals surface area contributed by atoms with Crippen molar-refractivity contribution in [3.8, 4) is 0 Å². The molecule has 0 aromatic heterocycles. The molecule has 0 saturated carbocycles. The Morgan fingerprint density at radius 1 is 0.836 bits per heavy atom. The van der Waals surface area contributed by atoms with Crippen LogP contribution in [0.15, 0.2) is 65.5 Å². The van der Waals surface area contributed by atoms with Crippen LogP contribution < -0.4 is 14.7 Å². The van der Waals surface area contributed by atoms with Crippen molar-refractivity contribution in [2.75, 3.05) is 58.4 Å². The molecule has 1 fully saturated rings. The molecule has 1 saturated heterocycles. The van der Waals surface area contributed by atoms with Crippen LogP contribution in [-0.4, -0.2) is 86.3 Å². The van der Waals surface area contributed by atoms with Gasteiger partial charge >= 0.3 is 24.8 Å². The average molecular weight is 1040 g/mol. The number of aliphatic hydroxyl groups is 1. The summed E-state index contributed by atoms with van der Waals surface area (Å²) in [6.07, 6.45) is 1.38. The molecule has 1 aliphatic heterocycles. The number of halogens is 6. The molecule has 4 rings (SSSR count). The number of benzene rings is 3. The zero-order valence-corrected chi connectivity index (χ0v) is 41.4. The van der Waals surface area contributed by atoms with Gasteiger partial charge in [0.15, 0.2) is 12.1 Å². The van der Waals surface area contributed by atoms with Gasteiger partial charge in [0.1, 0.15) is 0 Å². The van der Waals surface area contributed by atoms with Crippen molar-refractivity contribution in [2.24, 2.45) is 4.30 Å². The topological polar surface area (TPSA) is 120 Å². The second-order valence-electron chi connectivity index (χ2n) is 13.1. The Labute approximate surface area is 395 Å². The number of ether oxygens (including phenoxy) is 1. The molecular weight excluding hydrogens is 980 g/mol. The third-order valence-corrected chi connectivity index (χ3v) is 9.77. The van der Waals surface area contributed by atoms with Crippen molar-refractivity contribution < 1.29 is 37.8 Å². The van der Waals surface area contributed by atoms with E-state index in [4.69, 9.17) is 33.0 Å². The molecule has 339 valence electrons. The number of rotatable bonds is 8. The first kappa shape index (κ1) is 62.3. The number of anilines is 3. The molecule has 0 aliphatic carbocycles. The van der Waals surface area contributed by atoms with E-state index in [0.29, 0.717) is 22.1 Å². The number of hydrogen-bond acceptors (Lipinski definition) is 8. The fourth-order valence-corrected chi connectivity index (χ4v) is 5.63. The van der Waals surface area contributed by atoms with E-state index >= 15 is 0 Å². The number of nitrogens with zero attached hydrogens (tertiary/aromatic N) is 4. The fraction of sp³-hybridized carbons (Fsp3) is 0.442. The van der Waals surface area contributed by atoms with Gasteiger partial charge in [0.25, 0.3) is 5.92 Å². The van der Waals surface area contributed by atoms with Crippen LogP contribution in [-0.2, 0) is 25.0 Å². The van der Waals surface area contributed by atoms with E-state index in [1.165, 1.54) is 30.9 Å². The van der Waals surface area contributed by atoms with Crippen LogP contribution in [0.3, 0.4) is 0 Å². The molecule has 1 atom stereocenters. The van der Waals surface area contributed by atoms with Crippen molar-refractivity contribution in [2.45, 2.75) is 80.9 Å². The molecule has 0 spiro atoms. The molecule has 10 nitrogen and oxygen atoms in total. The van der Waals surface area contributed by atoms with Crippen molar-refractivity contribution >= 4 is 122 Å². The molecule has 1 radical (unpaired) electrons. The van der Waals surface area contributed by atoms with Gasteiger partial charge in [-0.2, -0.15) is 0 Å². The van der Waals surface area contributed by atoms with E-state index in [2.05, 4.69) is 63.2 Å². The summed E-state index contributed by atoms with van der Waals surface area (Å²) >= 11 is 18.7. The molecule has 0 bridgehead atoms. The van der Waals surface area contributed by atoms with E-state index in [-0.39, 0.29) is 41.8 Å². The Bertz CT molecular complexity index is 1880.